The molecule has 3 aromatic carbocycles. The number of carbonyl (C=O) groups excluding carboxylic acids is 2. The van der Waals surface area contributed by atoms with Crippen LogP contribution in [0.5, 0.6) is 0 Å². The number of nitrogens with zero attached hydrogens (tertiary/aromatic N) is 2. The van der Waals surface area contributed by atoms with Crippen LogP contribution >= 0.6 is 0 Å². The molecule has 4 N–H and O–H groups in total. The summed E-state index contributed by atoms with van der Waals surface area (Å²) in [4.78, 5) is 29.9. The summed E-state index contributed by atoms with van der Waals surface area (Å²) >= 11 is 0. The Labute approximate surface area is 243 Å². The third kappa shape index (κ3) is 8.88. The number of anilines is 2. The number of aliphatic hydroxyl groups is 1. The van der Waals surface area contributed by atoms with Crippen molar-refractivity contribution < 1.29 is 14.7 Å². The molecule has 41 heavy (non-hydrogen) atoms. The van der Waals surface area contributed by atoms with Crippen molar-refractivity contribution in [1.82, 2.24) is 15.5 Å². The molecule has 1 aliphatic heterocycles. The van der Waals surface area contributed by atoms with Gasteiger partial charge in [0.2, 0.25) is 5.91 Å². The van der Waals surface area contributed by atoms with Crippen LogP contribution in [0.2, 0.25) is 0 Å². The van der Waals surface area contributed by atoms with E-state index in [-0.39, 0.29) is 11.8 Å². The number of aliphatic hydroxyl groups excluding tert-OH is 1. The number of carbonyl (C=O) groups is 2. The summed E-state index contributed by atoms with van der Waals surface area (Å²) in [5, 5.41) is 21.0. The quantitative estimate of drug-likeness (QED) is 0.241. The van der Waals surface area contributed by atoms with Gasteiger partial charge in [0.1, 0.15) is 0 Å². The standard InChI is InChI=1S/C33H43N5O3/c1-4-35-28-18-27(19-29(20-28)38-16-8-11-32(38)40)33(41)36-30(17-24-9-6-5-7-10-24)31(39)22-34-21-25-12-14-26(15-13-25)23-37(2)3/h5-7,9-10,12-15,18-20,30-31,34-35,39H,4,8,11,16-17,21-23H2,1-3H3,(H,36,41)/t30-,31-/m0/s1. The molecule has 218 valence electrons. The molecule has 1 aliphatic rings. The Hall–Kier alpha value is -3.72. The third-order valence-electron chi connectivity index (χ3n) is 7.23. The van der Waals surface area contributed by atoms with Crippen molar-refractivity contribution in [2.75, 3.05) is 43.9 Å². The van der Waals surface area contributed by atoms with Crippen LogP contribution in [0.4, 0.5) is 11.4 Å². The van der Waals surface area contributed by atoms with Gasteiger partial charge in [-0.15, -0.1) is 0 Å². The minimum atomic E-state index is -0.816. The molecular formula is C33H43N5O3. The summed E-state index contributed by atoms with van der Waals surface area (Å²) in [6.07, 6.45) is 0.998. The van der Waals surface area contributed by atoms with Crippen LogP contribution in [0.3, 0.4) is 0 Å². The van der Waals surface area contributed by atoms with Crippen LogP contribution in [-0.2, 0) is 24.3 Å². The minimum absolute atomic E-state index is 0.0702. The van der Waals surface area contributed by atoms with Gasteiger partial charge in [0, 0.05) is 56.1 Å². The van der Waals surface area contributed by atoms with E-state index in [0.29, 0.717) is 44.6 Å². The SMILES string of the molecule is CCNc1cc(C(=O)N[C@@H](Cc2ccccc2)[C@@H](O)CNCc2ccc(CN(C)C)cc2)cc(N2CCCC2=O)c1. The molecular weight excluding hydrogens is 514 g/mol. The van der Waals surface area contributed by atoms with Gasteiger partial charge in [0.05, 0.1) is 12.1 Å². The molecule has 1 saturated heterocycles. The van der Waals surface area contributed by atoms with E-state index in [9.17, 15) is 14.7 Å². The number of hydrogen-bond donors (Lipinski definition) is 4. The van der Waals surface area contributed by atoms with Crippen LogP contribution < -0.4 is 20.9 Å². The Morgan fingerprint density at radius 3 is 2.39 bits per heavy atom. The fraction of sp³-hybridized carbons (Fsp3) is 0.394. The first-order valence-electron chi connectivity index (χ1n) is 14.5. The van der Waals surface area contributed by atoms with Crippen molar-refractivity contribution in [1.29, 1.82) is 0 Å². The molecule has 1 fully saturated rings. The Morgan fingerprint density at radius 2 is 1.73 bits per heavy atom. The molecule has 0 spiro atoms. The number of rotatable bonds is 14. The van der Waals surface area contributed by atoms with Gasteiger partial charge in [-0.1, -0.05) is 54.6 Å². The molecule has 3 aromatic rings. The lowest BCUT2D eigenvalue weighted by atomic mass is 10.00. The first-order valence-corrected chi connectivity index (χ1v) is 14.5. The highest BCUT2D eigenvalue weighted by Crippen LogP contribution is 2.27. The van der Waals surface area contributed by atoms with Crippen LogP contribution in [0.15, 0.2) is 72.8 Å². The highest BCUT2D eigenvalue weighted by Gasteiger charge is 2.25. The molecule has 0 aromatic heterocycles. The minimum Gasteiger partial charge on any atom is -0.390 e. The van der Waals surface area contributed by atoms with Gasteiger partial charge in [0.15, 0.2) is 0 Å². The van der Waals surface area contributed by atoms with Crippen LogP contribution in [0.1, 0.15) is 46.8 Å². The summed E-state index contributed by atoms with van der Waals surface area (Å²) in [5.41, 5.74) is 5.36. The Balaban J connectivity index is 1.46. The molecule has 0 radical (unpaired) electrons. The number of amides is 2. The van der Waals surface area contributed by atoms with Gasteiger partial charge in [0.25, 0.3) is 5.91 Å². The predicted octanol–water partition coefficient (Wildman–Crippen LogP) is 3.80. The Bertz CT molecular complexity index is 1280. The summed E-state index contributed by atoms with van der Waals surface area (Å²) in [6.45, 7) is 5.16. The van der Waals surface area contributed by atoms with Gasteiger partial charge in [-0.05, 0) is 68.8 Å². The second-order valence-corrected chi connectivity index (χ2v) is 11.0. The molecule has 4 rings (SSSR count). The van der Waals surface area contributed by atoms with Crippen molar-refractivity contribution in [3.63, 3.8) is 0 Å². The fourth-order valence-corrected chi connectivity index (χ4v) is 5.16. The number of benzene rings is 3. The van der Waals surface area contributed by atoms with Gasteiger partial charge >= 0.3 is 0 Å². The molecule has 1 heterocycles. The molecule has 0 aliphatic carbocycles. The van der Waals surface area contributed by atoms with E-state index in [2.05, 4.69) is 45.1 Å². The van der Waals surface area contributed by atoms with Crippen molar-refractivity contribution >= 4 is 23.2 Å². The maximum atomic E-state index is 13.6. The zero-order chi connectivity index (χ0) is 29.2. The van der Waals surface area contributed by atoms with Crippen molar-refractivity contribution in [2.45, 2.75) is 51.4 Å². The second kappa shape index (κ2) is 14.8. The average molecular weight is 558 g/mol. The number of nitrogens with one attached hydrogen (secondary N) is 3. The van der Waals surface area contributed by atoms with E-state index in [4.69, 9.17) is 0 Å². The smallest absolute Gasteiger partial charge is 0.251 e. The largest absolute Gasteiger partial charge is 0.390 e. The second-order valence-electron chi connectivity index (χ2n) is 11.0. The summed E-state index contributed by atoms with van der Waals surface area (Å²) in [5.74, 6) is -0.213. The first-order chi connectivity index (χ1) is 19.8. The fourth-order valence-electron chi connectivity index (χ4n) is 5.16. The highest BCUT2D eigenvalue weighted by molar-refractivity contribution is 6.00. The average Bonchev–Trinajstić information content (AvgIpc) is 3.39. The zero-order valence-electron chi connectivity index (χ0n) is 24.4. The lowest BCUT2D eigenvalue weighted by molar-refractivity contribution is -0.117. The Morgan fingerprint density at radius 1 is 1.00 bits per heavy atom. The normalized spacial score (nSPS) is 14.8. The van der Waals surface area contributed by atoms with E-state index in [1.54, 1.807) is 17.0 Å². The topological polar surface area (TPSA) is 96.9 Å². The molecule has 0 unspecified atom stereocenters. The van der Waals surface area contributed by atoms with Gasteiger partial charge < -0.3 is 30.9 Å². The van der Waals surface area contributed by atoms with Crippen molar-refractivity contribution in [3.05, 3.63) is 95.1 Å². The van der Waals surface area contributed by atoms with E-state index in [1.165, 1.54) is 5.56 Å². The molecule has 2 atom stereocenters. The lowest BCUT2D eigenvalue weighted by Gasteiger charge is -2.25. The number of hydrogen-bond acceptors (Lipinski definition) is 6. The zero-order valence-corrected chi connectivity index (χ0v) is 24.4. The maximum absolute atomic E-state index is 13.6. The highest BCUT2D eigenvalue weighted by atomic mass is 16.3. The van der Waals surface area contributed by atoms with Crippen molar-refractivity contribution in [2.24, 2.45) is 0 Å². The molecule has 8 nitrogen and oxygen atoms in total. The van der Waals surface area contributed by atoms with E-state index < -0.39 is 12.1 Å². The predicted molar refractivity (Wildman–Crippen MR) is 165 cm³/mol. The van der Waals surface area contributed by atoms with Gasteiger partial charge in [-0.3, -0.25) is 9.59 Å². The lowest BCUT2D eigenvalue weighted by Crippen LogP contribution is -2.48. The summed E-state index contributed by atoms with van der Waals surface area (Å²) in [6, 6.07) is 23.3. The first kappa shape index (κ1) is 30.2. The van der Waals surface area contributed by atoms with E-state index in [0.717, 1.165) is 35.5 Å². The van der Waals surface area contributed by atoms with Crippen LogP contribution in [-0.4, -0.2) is 67.7 Å². The van der Waals surface area contributed by atoms with Crippen molar-refractivity contribution in [3.8, 4) is 0 Å². The Kier molecular flexibility index (Phi) is 10.9. The maximum Gasteiger partial charge on any atom is 0.251 e. The molecule has 0 bridgehead atoms. The monoisotopic (exact) mass is 557 g/mol. The van der Waals surface area contributed by atoms with Crippen LogP contribution in [0.25, 0.3) is 0 Å². The third-order valence-corrected chi connectivity index (χ3v) is 7.23. The van der Waals surface area contributed by atoms with Gasteiger partial charge in [-0.25, -0.2) is 0 Å². The molecule has 8 heteroatoms. The molecule has 2 amide bonds. The van der Waals surface area contributed by atoms with E-state index in [1.807, 2.05) is 57.4 Å². The van der Waals surface area contributed by atoms with E-state index >= 15 is 0 Å². The van der Waals surface area contributed by atoms with Gasteiger partial charge in [-0.2, -0.15) is 0 Å². The summed E-state index contributed by atoms with van der Waals surface area (Å²) < 4.78 is 0. The van der Waals surface area contributed by atoms with Crippen LogP contribution in [0, 0.1) is 0 Å². The molecule has 0 saturated carbocycles. The summed E-state index contributed by atoms with van der Waals surface area (Å²) in [7, 11) is 4.10.